The third kappa shape index (κ3) is 2.56. The zero-order valence-corrected chi connectivity index (χ0v) is 12.1. The van der Waals surface area contributed by atoms with Gasteiger partial charge in [0.15, 0.2) is 0 Å². The Morgan fingerprint density at radius 3 is 2.45 bits per heavy atom. The van der Waals surface area contributed by atoms with E-state index in [1.54, 1.807) is 0 Å². The zero-order chi connectivity index (χ0) is 13.8. The van der Waals surface area contributed by atoms with Crippen LogP contribution in [-0.4, -0.2) is 15.4 Å². The van der Waals surface area contributed by atoms with Crippen molar-refractivity contribution < 1.29 is 0 Å². The van der Waals surface area contributed by atoms with Crippen LogP contribution in [0.5, 0.6) is 0 Å². The highest BCUT2D eigenvalue weighted by atomic mass is 35.5. The minimum Gasteiger partial charge on any atom is -0.324 e. The molecule has 0 amide bonds. The molecule has 2 aromatic carbocycles. The Morgan fingerprint density at radius 2 is 1.65 bits per heavy atom. The molecule has 0 aliphatic heterocycles. The van der Waals surface area contributed by atoms with E-state index in [0.29, 0.717) is 5.88 Å². The second-order valence-corrected chi connectivity index (χ2v) is 5.22. The van der Waals surface area contributed by atoms with Crippen LogP contribution in [0, 0.1) is 0 Å². The van der Waals surface area contributed by atoms with E-state index >= 15 is 0 Å². The van der Waals surface area contributed by atoms with Gasteiger partial charge in [-0.1, -0.05) is 42.5 Å². The average molecular weight is 285 g/mol. The summed E-state index contributed by atoms with van der Waals surface area (Å²) in [7, 11) is 0. The topological polar surface area (TPSA) is 17.8 Å². The van der Waals surface area contributed by atoms with Crippen molar-refractivity contribution in [2.45, 2.75) is 19.4 Å². The van der Waals surface area contributed by atoms with Crippen molar-refractivity contribution >= 4 is 22.6 Å². The van der Waals surface area contributed by atoms with Gasteiger partial charge in [-0.2, -0.15) is 0 Å². The zero-order valence-electron chi connectivity index (χ0n) is 11.3. The summed E-state index contributed by atoms with van der Waals surface area (Å²) >= 11 is 5.79. The molecule has 3 aromatic rings. The smallest absolute Gasteiger partial charge is 0.141 e. The van der Waals surface area contributed by atoms with Crippen LogP contribution in [0.4, 0.5) is 0 Å². The SMILES string of the molecule is ClCCCCn1c(-c2ccccc2)nc2ccccc21. The van der Waals surface area contributed by atoms with E-state index in [-0.39, 0.29) is 0 Å². The predicted octanol–water partition coefficient (Wildman–Crippen LogP) is 4.72. The number of fused-ring (bicyclic) bond motifs is 1. The Hall–Kier alpha value is -1.80. The highest BCUT2D eigenvalue weighted by Crippen LogP contribution is 2.25. The van der Waals surface area contributed by atoms with Gasteiger partial charge in [-0.3, -0.25) is 0 Å². The normalized spacial score (nSPS) is 11.1. The third-order valence-corrected chi connectivity index (χ3v) is 3.72. The molecular formula is C17H17ClN2. The molecule has 0 radical (unpaired) electrons. The lowest BCUT2D eigenvalue weighted by Gasteiger charge is -2.08. The fourth-order valence-corrected chi connectivity index (χ4v) is 2.66. The first-order valence-electron chi connectivity index (χ1n) is 6.97. The monoisotopic (exact) mass is 284 g/mol. The van der Waals surface area contributed by atoms with E-state index in [1.165, 1.54) is 5.52 Å². The number of benzene rings is 2. The molecule has 0 atom stereocenters. The second-order valence-electron chi connectivity index (χ2n) is 4.84. The summed E-state index contributed by atoms with van der Waals surface area (Å²) in [4.78, 5) is 4.79. The number of para-hydroxylation sites is 2. The highest BCUT2D eigenvalue weighted by Gasteiger charge is 2.11. The third-order valence-electron chi connectivity index (χ3n) is 3.45. The summed E-state index contributed by atoms with van der Waals surface area (Å²) in [5.41, 5.74) is 3.41. The van der Waals surface area contributed by atoms with Crippen LogP contribution in [0.25, 0.3) is 22.4 Å². The van der Waals surface area contributed by atoms with E-state index in [4.69, 9.17) is 16.6 Å². The van der Waals surface area contributed by atoms with Gasteiger partial charge in [0.1, 0.15) is 5.82 Å². The molecule has 0 saturated heterocycles. The van der Waals surface area contributed by atoms with E-state index < -0.39 is 0 Å². The van der Waals surface area contributed by atoms with Gasteiger partial charge in [-0.25, -0.2) is 4.98 Å². The van der Waals surface area contributed by atoms with Crippen LogP contribution in [0.1, 0.15) is 12.8 Å². The minimum absolute atomic E-state index is 0.716. The Labute approximate surface area is 124 Å². The molecule has 1 aromatic heterocycles. The molecule has 0 bridgehead atoms. The molecule has 0 aliphatic carbocycles. The number of hydrogen-bond acceptors (Lipinski definition) is 1. The van der Waals surface area contributed by atoms with Crippen LogP contribution in [0.2, 0.25) is 0 Å². The van der Waals surface area contributed by atoms with Gasteiger partial charge in [-0.15, -0.1) is 11.6 Å². The van der Waals surface area contributed by atoms with Crippen molar-refractivity contribution in [1.82, 2.24) is 9.55 Å². The number of rotatable bonds is 5. The Bertz CT molecular complexity index is 689. The number of aryl methyl sites for hydroxylation is 1. The standard InChI is InChI=1S/C17H17ClN2/c18-12-6-7-13-20-16-11-5-4-10-15(16)19-17(20)14-8-2-1-3-9-14/h1-5,8-11H,6-7,12-13H2. The second kappa shape index (κ2) is 6.10. The van der Waals surface area contributed by atoms with E-state index in [1.807, 2.05) is 12.1 Å². The summed E-state index contributed by atoms with van der Waals surface area (Å²) in [6.45, 7) is 0.956. The molecule has 2 nitrogen and oxygen atoms in total. The first-order chi connectivity index (χ1) is 9.90. The summed E-state index contributed by atoms with van der Waals surface area (Å²) in [5, 5.41) is 0. The quantitative estimate of drug-likeness (QED) is 0.489. The largest absolute Gasteiger partial charge is 0.324 e. The molecular weight excluding hydrogens is 268 g/mol. The number of halogens is 1. The van der Waals surface area contributed by atoms with Gasteiger partial charge in [0, 0.05) is 18.0 Å². The lowest BCUT2D eigenvalue weighted by Crippen LogP contribution is -2.01. The fourth-order valence-electron chi connectivity index (χ4n) is 2.47. The molecule has 0 spiro atoms. The molecule has 0 unspecified atom stereocenters. The van der Waals surface area contributed by atoms with Gasteiger partial charge in [0.05, 0.1) is 11.0 Å². The number of nitrogens with zero attached hydrogens (tertiary/aromatic N) is 2. The summed E-state index contributed by atoms with van der Waals surface area (Å²) < 4.78 is 2.30. The van der Waals surface area contributed by atoms with Gasteiger partial charge in [-0.05, 0) is 25.0 Å². The van der Waals surface area contributed by atoms with E-state index in [2.05, 4.69) is 47.0 Å². The predicted molar refractivity (Wildman–Crippen MR) is 85.1 cm³/mol. The van der Waals surface area contributed by atoms with Crippen molar-refractivity contribution in [3.63, 3.8) is 0 Å². The molecule has 0 N–H and O–H groups in total. The maximum atomic E-state index is 5.79. The molecule has 0 fully saturated rings. The Morgan fingerprint density at radius 1 is 0.900 bits per heavy atom. The first kappa shape index (κ1) is 13.2. The summed E-state index contributed by atoms with van der Waals surface area (Å²) in [6, 6.07) is 18.7. The van der Waals surface area contributed by atoms with E-state index in [0.717, 1.165) is 36.3 Å². The lowest BCUT2D eigenvalue weighted by atomic mass is 10.2. The van der Waals surface area contributed by atoms with Crippen molar-refractivity contribution in [1.29, 1.82) is 0 Å². The van der Waals surface area contributed by atoms with Crippen LogP contribution in [-0.2, 0) is 6.54 Å². The molecule has 102 valence electrons. The molecule has 0 aliphatic rings. The Balaban J connectivity index is 2.08. The molecule has 0 saturated carbocycles. The van der Waals surface area contributed by atoms with Crippen LogP contribution >= 0.6 is 11.6 Å². The van der Waals surface area contributed by atoms with Gasteiger partial charge in [0.2, 0.25) is 0 Å². The van der Waals surface area contributed by atoms with Crippen LogP contribution < -0.4 is 0 Å². The molecule has 1 heterocycles. The number of alkyl halides is 1. The maximum Gasteiger partial charge on any atom is 0.141 e. The summed E-state index contributed by atoms with van der Waals surface area (Å²) in [6.07, 6.45) is 2.10. The maximum absolute atomic E-state index is 5.79. The van der Waals surface area contributed by atoms with Gasteiger partial charge >= 0.3 is 0 Å². The van der Waals surface area contributed by atoms with Crippen molar-refractivity contribution in [2.24, 2.45) is 0 Å². The van der Waals surface area contributed by atoms with Gasteiger partial charge < -0.3 is 4.57 Å². The highest BCUT2D eigenvalue weighted by molar-refractivity contribution is 6.17. The Kier molecular flexibility index (Phi) is 4.03. The minimum atomic E-state index is 0.716. The lowest BCUT2D eigenvalue weighted by molar-refractivity contribution is 0.653. The van der Waals surface area contributed by atoms with Crippen LogP contribution in [0.3, 0.4) is 0 Å². The fraction of sp³-hybridized carbons (Fsp3) is 0.235. The molecule has 3 heteroatoms. The number of aromatic nitrogens is 2. The molecule has 3 rings (SSSR count). The van der Waals surface area contributed by atoms with Crippen LogP contribution in [0.15, 0.2) is 54.6 Å². The molecule has 20 heavy (non-hydrogen) atoms. The number of hydrogen-bond donors (Lipinski definition) is 0. The summed E-state index contributed by atoms with van der Waals surface area (Å²) in [5.74, 6) is 1.76. The average Bonchev–Trinajstić information content (AvgIpc) is 2.87. The van der Waals surface area contributed by atoms with Crippen molar-refractivity contribution in [3.05, 3.63) is 54.6 Å². The number of imidazole rings is 1. The van der Waals surface area contributed by atoms with Gasteiger partial charge in [0.25, 0.3) is 0 Å². The first-order valence-corrected chi connectivity index (χ1v) is 7.50. The van der Waals surface area contributed by atoms with Crippen molar-refractivity contribution in [2.75, 3.05) is 5.88 Å². The number of unbranched alkanes of at least 4 members (excludes halogenated alkanes) is 1. The van der Waals surface area contributed by atoms with Crippen molar-refractivity contribution in [3.8, 4) is 11.4 Å². The van der Waals surface area contributed by atoms with E-state index in [9.17, 15) is 0 Å².